The minimum Gasteiger partial charge on any atom is -0.374 e. The molecule has 19 heavy (non-hydrogen) atoms. The summed E-state index contributed by atoms with van der Waals surface area (Å²) in [6.07, 6.45) is 0. The molecule has 106 valence electrons. The van der Waals surface area contributed by atoms with Crippen LogP contribution in [0.5, 0.6) is 0 Å². The first-order valence-corrected chi connectivity index (χ1v) is 7.22. The Hall–Kier alpha value is -1.41. The fourth-order valence-electron chi connectivity index (χ4n) is 2.02. The maximum absolute atomic E-state index is 11.7. The quantitative estimate of drug-likeness (QED) is 0.794. The largest absolute Gasteiger partial charge is 0.374 e. The highest BCUT2D eigenvalue weighted by Crippen LogP contribution is 2.22. The summed E-state index contributed by atoms with van der Waals surface area (Å²) in [6, 6.07) is 0.193. The van der Waals surface area contributed by atoms with E-state index >= 15 is 0 Å². The molecule has 0 unspecified atom stereocenters. The van der Waals surface area contributed by atoms with Crippen LogP contribution < -0.4 is 16.0 Å². The molecule has 1 aromatic rings. The molecule has 1 saturated heterocycles. The summed E-state index contributed by atoms with van der Waals surface area (Å²) in [5.41, 5.74) is 5.58. The Balaban J connectivity index is 1.78. The molecule has 1 amide bonds. The fourth-order valence-corrected chi connectivity index (χ4v) is 2.68. The molecular formula is C11H20N6OS. The summed E-state index contributed by atoms with van der Waals surface area (Å²) in [4.78, 5) is 16.0. The molecule has 0 radical (unpaired) electrons. The van der Waals surface area contributed by atoms with Crippen molar-refractivity contribution in [2.24, 2.45) is 0 Å². The topological polar surface area (TPSA) is 87.4 Å². The van der Waals surface area contributed by atoms with Crippen molar-refractivity contribution in [2.75, 3.05) is 43.4 Å². The monoisotopic (exact) mass is 284 g/mol. The van der Waals surface area contributed by atoms with Gasteiger partial charge in [0.25, 0.3) is 0 Å². The second-order valence-electron chi connectivity index (χ2n) is 4.91. The van der Waals surface area contributed by atoms with Gasteiger partial charge in [-0.2, -0.15) is 0 Å². The van der Waals surface area contributed by atoms with Gasteiger partial charge >= 0.3 is 0 Å². The fraction of sp³-hybridized carbons (Fsp3) is 0.727. The third-order valence-electron chi connectivity index (χ3n) is 2.89. The molecule has 0 bridgehead atoms. The van der Waals surface area contributed by atoms with Crippen molar-refractivity contribution in [1.29, 1.82) is 0 Å². The second kappa shape index (κ2) is 6.16. The standard InChI is InChI=1S/C11H20N6OS/c1-8(2)13-9(18)7-16-3-5-17(6-4-16)11-15-14-10(12)19-11/h8H,3-7H2,1-2H3,(H2,12,14)(H,13,18). The van der Waals surface area contributed by atoms with Crippen LogP contribution in [-0.4, -0.2) is 59.8 Å². The molecule has 3 N–H and O–H groups in total. The van der Waals surface area contributed by atoms with Crippen molar-refractivity contribution >= 4 is 27.5 Å². The van der Waals surface area contributed by atoms with Gasteiger partial charge in [0.15, 0.2) is 0 Å². The van der Waals surface area contributed by atoms with E-state index < -0.39 is 0 Å². The first kappa shape index (κ1) is 14.0. The third-order valence-corrected chi connectivity index (χ3v) is 3.70. The van der Waals surface area contributed by atoms with Crippen LogP contribution in [0.15, 0.2) is 0 Å². The number of hydrogen-bond donors (Lipinski definition) is 2. The average molecular weight is 284 g/mol. The number of nitrogen functional groups attached to an aromatic ring is 1. The van der Waals surface area contributed by atoms with E-state index in [-0.39, 0.29) is 11.9 Å². The van der Waals surface area contributed by atoms with Crippen LogP contribution in [0.2, 0.25) is 0 Å². The predicted octanol–water partition coefficient (Wildman–Crippen LogP) is -0.233. The molecule has 0 saturated carbocycles. The average Bonchev–Trinajstić information content (AvgIpc) is 2.75. The van der Waals surface area contributed by atoms with Gasteiger partial charge in [0.1, 0.15) is 0 Å². The normalized spacial score (nSPS) is 16.9. The summed E-state index contributed by atoms with van der Waals surface area (Å²) in [7, 11) is 0. The van der Waals surface area contributed by atoms with Crippen molar-refractivity contribution in [3.8, 4) is 0 Å². The number of nitrogens with zero attached hydrogens (tertiary/aromatic N) is 4. The highest BCUT2D eigenvalue weighted by atomic mass is 32.1. The second-order valence-corrected chi connectivity index (χ2v) is 5.90. The molecule has 0 atom stereocenters. The zero-order chi connectivity index (χ0) is 13.8. The molecule has 0 spiro atoms. The maximum Gasteiger partial charge on any atom is 0.234 e. The number of hydrogen-bond acceptors (Lipinski definition) is 7. The van der Waals surface area contributed by atoms with Crippen molar-refractivity contribution in [2.45, 2.75) is 19.9 Å². The lowest BCUT2D eigenvalue weighted by molar-refractivity contribution is -0.122. The van der Waals surface area contributed by atoms with Crippen LogP contribution in [0.4, 0.5) is 10.3 Å². The first-order chi connectivity index (χ1) is 9.04. The molecule has 1 aliphatic rings. The van der Waals surface area contributed by atoms with E-state index in [1.807, 2.05) is 13.8 Å². The molecule has 1 aliphatic heterocycles. The van der Waals surface area contributed by atoms with Crippen molar-refractivity contribution < 1.29 is 4.79 Å². The lowest BCUT2D eigenvalue weighted by Crippen LogP contribution is -2.50. The Bertz CT molecular complexity index is 427. The van der Waals surface area contributed by atoms with Gasteiger partial charge in [0.2, 0.25) is 16.2 Å². The van der Waals surface area contributed by atoms with Gasteiger partial charge in [-0.25, -0.2) is 0 Å². The van der Waals surface area contributed by atoms with Crippen molar-refractivity contribution in [3.63, 3.8) is 0 Å². The van der Waals surface area contributed by atoms with Crippen LogP contribution in [0.1, 0.15) is 13.8 Å². The molecule has 0 aliphatic carbocycles. The Kier molecular flexibility index (Phi) is 4.54. The lowest BCUT2D eigenvalue weighted by atomic mass is 10.3. The minimum absolute atomic E-state index is 0.0867. The Labute approximate surface area is 116 Å². The zero-order valence-electron chi connectivity index (χ0n) is 11.3. The van der Waals surface area contributed by atoms with Crippen LogP contribution in [0.25, 0.3) is 0 Å². The highest BCUT2D eigenvalue weighted by molar-refractivity contribution is 7.18. The predicted molar refractivity (Wildman–Crippen MR) is 76.3 cm³/mol. The number of carbonyl (C=O) groups is 1. The summed E-state index contributed by atoms with van der Waals surface area (Å²) in [5.74, 6) is 0.0867. The van der Waals surface area contributed by atoms with Gasteiger partial charge in [0.05, 0.1) is 6.54 Å². The summed E-state index contributed by atoms with van der Waals surface area (Å²) in [6.45, 7) is 7.80. The lowest BCUT2D eigenvalue weighted by Gasteiger charge is -2.33. The Morgan fingerprint density at radius 1 is 1.37 bits per heavy atom. The van der Waals surface area contributed by atoms with E-state index in [0.717, 1.165) is 31.3 Å². The van der Waals surface area contributed by atoms with Crippen molar-refractivity contribution in [1.82, 2.24) is 20.4 Å². The number of anilines is 2. The molecule has 7 nitrogen and oxygen atoms in total. The Morgan fingerprint density at radius 3 is 2.58 bits per heavy atom. The number of carbonyl (C=O) groups excluding carboxylic acids is 1. The summed E-state index contributed by atoms with van der Waals surface area (Å²) < 4.78 is 0. The van der Waals surface area contributed by atoms with Gasteiger partial charge in [-0.15, -0.1) is 10.2 Å². The SMILES string of the molecule is CC(C)NC(=O)CN1CCN(c2nnc(N)s2)CC1. The zero-order valence-corrected chi connectivity index (χ0v) is 12.1. The van der Waals surface area contributed by atoms with Crippen LogP contribution in [0.3, 0.4) is 0 Å². The molecule has 2 heterocycles. The summed E-state index contributed by atoms with van der Waals surface area (Å²) >= 11 is 1.40. The smallest absolute Gasteiger partial charge is 0.234 e. The number of amides is 1. The molecule has 1 fully saturated rings. The van der Waals surface area contributed by atoms with E-state index in [1.54, 1.807) is 0 Å². The van der Waals surface area contributed by atoms with Gasteiger partial charge in [-0.05, 0) is 13.8 Å². The van der Waals surface area contributed by atoms with Gasteiger partial charge < -0.3 is 16.0 Å². The van der Waals surface area contributed by atoms with Gasteiger partial charge in [-0.3, -0.25) is 9.69 Å². The summed E-state index contributed by atoms with van der Waals surface area (Å²) in [5, 5.41) is 12.1. The number of aromatic nitrogens is 2. The minimum atomic E-state index is 0.0867. The molecule has 2 rings (SSSR count). The maximum atomic E-state index is 11.7. The van der Waals surface area contributed by atoms with Gasteiger partial charge in [-0.1, -0.05) is 11.3 Å². The molecular weight excluding hydrogens is 264 g/mol. The number of rotatable bonds is 4. The van der Waals surface area contributed by atoms with E-state index in [4.69, 9.17) is 5.73 Å². The van der Waals surface area contributed by atoms with E-state index in [9.17, 15) is 4.79 Å². The van der Waals surface area contributed by atoms with Crippen LogP contribution >= 0.6 is 11.3 Å². The van der Waals surface area contributed by atoms with E-state index in [2.05, 4.69) is 25.3 Å². The van der Waals surface area contributed by atoms with Crippen LogP contribution in [-0.2, 0) is 4.79 Å². The van der Waals surface area contributed by atoms with Crippen molar-refractivity contribution in [3.05, 3.63) is 0 Å². The van der Waals surface area contributed by atoms with E-state index in [0.29, 0.717) is 11.7 Å². The highest BCUT2D eigenvalue weighted by Gasteiger charge is 2.21. The number of nitrogens with two attached hydrogens (primary N) is 1. The Morgan fingerprint density at radius 2 is 2.05 bits per heavy atom. The molecule has 8 heteroatoms. The number of piperazine rings is 1. The third kappa shape index (κ3) is 4.03. The number of nitrogens with one attached hydrogen (secondary N) is 1. The first-order valence-electron chi connectivity index (χ1n) is 6.40. The van der Waals surface area contributed by atoms with Gasteiger partial charge in [0, 0.05) is 32.2 Å². The molecule has 0 aromatic carbocycles. The van der Waals surface area contributed by atoms with Crippen LogP contribution in [0, 0.1) is 0 Å². The van der Waals surface area contributed by atoms with E-state index in [1.165, 1.54) is 11.3 Å². The molecule has 1 aromatic heterocycles.